The molecule has 2 aromatic carbocycles. The van der Waals surface area contributed by atoms with Gasteiger partial charge in [0.2, 0.25) is 0 Å². The Balaban J connectivity index is 2.08. The fourth-order valence-corrected chi connectivity index (χ4v) is 2.28. The highest BCUT2D eigenvalue weighted by Gasteiger charge is 2.17. The highest BCUT2D eigenvalue weighted by Crippen LogP contribution is 2.22. The number of benzene rings is 2. The van der Waals surface area contributed by atoms with E-state index in [4.69, 9.17) is 4.74 Å². The minimum Gasteiger partial charge on any atom is -0.481 e. The Hall–Kier alpha value is -2.29. The summed E-state index contributed by atoms with van der Waals surface area (Å²) in [7, 11) is 0. The van der Waals surface area contributed by atoms with Gasteiger partial charge in [-0.1, -0.05) is 37.3 Å². The molecule has 0 saturated heterocycles. The maximum atomic E-state index is 12.3. The van der Waals surface area contributed by atoms with Crippen molar-refractivity contribution in [3.63, 3.8) is 0 Å². The Labute approximate surface area is 132 Å². The quantitative estimate of drug-likeness (QED) is 0.895. The van der Waals surface area contributed by atoms with E-state index in [1.807, 2.05) is 56.3 Å². The van der Waals surface area contributed by atoms with E-state index in [1.165, 1.54) is 0 Å². The average Bonchev–Trinajstić information content (AvgIpc) is 2.52. The first kappa shape index (κ1) is 16.1. The Kier molecular flexibility index (Phi) is 5.21. The number of rotatable bonds is 5. The fourth-order valence-electron chi connectivity index (χ4n) is 2.28. The molecule has 0 heterocycles. The van der Waals surface area contributed by atoms with Gasteiger partial charge in [0.1, 0.15) is 5.75 Å². The molecular formula is C19H23NO2. The smallest absolute Gasteiger partial charge is 0.265 e. The van der Waals surface area contributed by atoms with Crippen LogP contribution >= 0.6 is 0 Å². The predicted octanol–water partition coefficient (Wildman–Crippen LogP) is 4.27. The molecule has 1 atom stereocenters. The van der Waals surface area contributed by atoms with Gasteiger partial charge >= 0.3 is 0 Å². The van der Waals surface area contributed by atoms with Gasteiger partial charge in [0, 0.05) is 5.69 Å². The standard InChI is InChI=1S/C19H23NO2/c1-5-16-10-6-7-11-17(16)20-19(21)15(4)22-18-12-8-9-13(2)14(18)3/h6-12,15H,5H2,1-4H3,(H,20,21)/t15-/m0/s1. The lowest BCUT2D eigenvalue weighted by molar-refractivity contribution is -0.122. The van der Waals surface area contributed by atoms with E-state index in [2.05, 4.69) is 12.2 Å². The van der Waals surface area contributed by atoms with E-state index in [0.29, 0.717) is 0 Å². The summed E-state index contributed by atoms with van der Waals surface area (Å²) in [6.07, 6.45) is 0.327. The molecule has 22 heavy (non-hydrogen) atoms. The lowest BCUT2D eigenvalue weighted by Gasteiger charge is -2.18. The van der Waals surface area contributed by atoms with E-state index < -0.39 is 6.10 Å². The summed E-state index contributed by atoms with van der Waals surface area (Å²) in [5.41, 5.74) is 4.19. The third-order valence-electron chi connectivity index (χ3n) is 3.88. The molecule has 0 aliphatic heterocycles. The topological polar surface area (TPSA) is 38.3 Å². The molecule has 0 unspecified atom stereocenters. The van der Waals surface area contributed by atoms with Crippen molar-refractivity contribution in [1.29, 1.82) is 0 Å². The van der Waals surface area contributed by atoms with Gasteiger partial charge in [-0.3, -0.25) is 4.79 Å². The van der Waals surface area contributed by atoms with Gasteiger partial charge in [-0.2, -0.15) is 0 Å². The summed E-state index contributed by atoms with van der Waals surface area (Å²) in [4.78, 5) is 12.3. The first-order valence-corrected chi connectivity index (χ1v) is 7.64. The molecule has 2 aromatic rings. The number of hydrogen-bond donors (Lipinski definition) is 1. The van der Waals surface area contributed by atoms with Gasteiger partial charge in [0.15, 0.2) is 6.10 Å². The largest absolute Gasteiger partial charge is 0.481 e. The van der Waals surface area contributed by atoms with Crippen molar-refractivity contribution in [2.45, 2.75) is 40.2 Å². The molecule has 2 rings (SSSR count). The van der Waals surface area contributed by atoms with Crippen molar-refractivity contribution < 1.29 is 9.53 Å². The van der Waals surface area contributed by atoms with Crippen molar-refractivity contribution >= 4 is 11.6 Å². The lowest BCUT2D eigenvalue weighted by atomic mass is 10.1. The molecule has 0 aliphatic carbocycles. The van der Waals surface area contributed by atoms with Crippen LogP contribution in [0.15, 0.2) is 42.5 Å². The van der Waals surface area contributed by atoms with Crippen LogP contribution in [-0.2, 0) is 11.2 Å². The van der Waals surface area contributed by atoms with Crippen LogP contribution in [0.5, 0.6) is 5.75 Å². The molecule has 0 spiro atoms. The summed E-state index contributed by atoms with van der Waals surface area (Å²) >= 11 is 0. The second-order valence-electron chi connectivity index (χ2n) is 5.46. The summed E-state index contributed by atoms with van der Waals surface area (Å²) in [6, 6.07) is 13.7. The van der Waals surface area contributed by atoms with Crippen molar-refractivity contribution in [3.05, 3.63) is 59.2 Å². The van der Waals surface area contributed by atoms with Crippen LogP contribution in [0, 0.1) is 13.8 Å². The molecule has 0 aromatic heterocycles. The van der Waals surface area contributed by atoms with Gasteiger partial charge < -0.3 is 10.1 Å². The van der Waals surface area contributed by atoms with Crippen LogP contribution in [0.3, 0.4) is 0 Å². The second kappa shape index (κ2) is 7.12. The summed E-state index contributed by atoms with van der Waals surface area (Å²) < 4.78 is 5.82. The molecule has 0 radical (unpaired) electrons. The first-order chi connectivity index (χ1) is 10.5. The molecule has 0 saturated carbocycles. The third kappa shape index (κ3) is 3.67. The number of aryl methyl sites for hydroxylation is 2. The number of nitrogens with one attached hydrogen (secondary N) is 1. The van der Waals surface area contributed by atoms with Crippen molar-refractivity contribution in [1.82, 2.24) is 0 Å². The van der Waals surface area contributed by atoms with Gasteiger partial charge in [-0.15, -0.1) is 0 Å². The first-order valence-electron chi connectivity index (χ1n) is 7.64. The Morgan fingerprint density at radius 2 is 1.86 bits per heavy atom. The monoisotopic (exact) mass is 297 g/mol. The van der Waals surface area contributed by atoms with E-state index in [1.54, 1.807) is 6.92 Å². The Morgan fingerprint density at radius 3 is 2.59 bits per heavy atom. The maximum Gasteiger partial charge on any atom is 0.265 e. The molecule has 0 aliphatic rings. The van der Waals surface area contributed by atoms with Crippen LogP contribution in [0.1, 0.15) is 30.5 Å². The Morgan fingerprint density at radius 1 is 1.14 bits per heavy atom. The highest BCUT2D eigenvalue weighted by molar-refractivity contribution is 5.94. The zero-order chi connectivity index (χ0) is 16.1. The van der Waals surface area contributed by atoms with Crippen LogP contribution in [0.4, 0.5) is 5.69 Å². The number of para-hydroxylation sites is 1. The molecule has 116 valence electrons. The minimum absolute atomic E-state index is 0.137. The summed E-state index contributed by atoms with van der Waals surface area (Å²) in [6.45, 7) is 7.87. The van der Waals surface area contributed by atoms with E-state index in [0.717, 1.165) is 34.5 Å². The zero-order valence-electron chi connectivity index (χ0n) is 13.6. The summed E-state index contributed by atoms with van der Waals surface area (Å²) in [5.74, 6) is 0.619. The highest BCUT2D eigenvalue weighted by atomic mass is 16.5. The second-order valence-corrected chi connectivity index (χ2v) is 5.46. The average molecular weight is 297 g/mol. The molecule has 3 heteroatoms. The van der Waals surface area contributed by atoms with Crippen LogP contribution in [0.25, 0.3) is 0 Å². The maximum absolute atomic E-state index is 12.3. The van der Waals surface area contributed by atoms with Crippen molar-refractivity contribution in [2.75, 3.05) is 5.32 Å². The SMILES string of the molecule is CCc1ccccc1NC(=O)[C@H](C)Oc1cccc(C)c1C. The third-order valence-corrected chi connectivity index (χ3v) is 3.88. The minimum atomic E-state index is -0.551. The van der Waals surface area contributed by atoms with Gasteiger partial charge in [-0.25, -0.2) is 0 Å². The van der Waals surface area contributed by atoms with Gasteiger partial charge in [0.05, 0.1) is 0 Å². The summed E-state index contributed by atoms with van der Waals surface area (Å²) in [5, 5.41) is 2.95. The van der Waals surface area contributed by atoms with E-state index >= 15 is 0 Å². The number of amides is 1. The number of anilines is 1. The van der Waals surface area contributed by atoms with Crippen LogP contribution < -0.4 is 10.1 Å². The molecule has 1 N–H and O–H groups in total. The lowest BCUT2D eigenvalue weighted by Crippen LogP contribution is -2.30. The number of carbonyl (C=O) groups excluding carboxylic acids is 1. The molecule has 0 bridgehead atoms. The van der Waals surface area contributed by atoms with Crippen LogP contribution in [-0.4, -0.2) is 12.0 Å². The molecule has 3 nitrogen and oxygen atoms in total. The van der Waals surface area contributed by atoms with Gasteiger partial charge in [0.25, 0.3) is 5.91 Å². The van der Waals surface area contributed by atoms with Crippen molar-refractivity contribution in [3.8, 4) is 5.75 Å². The van der Waals surface area contributed by atoms with E-state index in [9.17, 15) is 4.79 Å². The fraction of sp³-hybridized carbons (Fsp3) is 0.316. The predicted molar refractivity (Wildman–Crippen MR) is 90.5 cm³/mol. The molecule has 0 fully saturated rings. The Bertz CT molecular complexity index is 664. The number of ether oxygens (including phenoxy) is 1. The van der Waals surface area contributed by atoms with Crippen molar-refractivity contribution in [2.24, 2.45) is 0 Å². The molecular weight excluding hydrogens is 274 g/mol. The molecule has 1 amide bonds. The van der Waals surface area contributed by atoms with E-state index in [-0.39, 0.29) is 5.91 Å². The zero-order valence-corrected chi connectivity index (χ0v) is 13.6. The normalized spacial score (nSPS) is 11.8. The van der Waals surface area contributed by atoms with Gasteiger partial charge in [-0.05, 0) is 56.0 Å². The number of carbonyl (C=O) groups is 1. The number of hydrogen-bond acceptors (Lipinski definition) is 2. The van der Waals surface area contributed by atoms with Crippen LogP contribution in [0.2, 0.25) is 0 Å².